The van der Waals surface area contributed by atoms with Crippen LogP contribution in [0, 0.1) is 0 Å². The number of anilines is 1. The summed E-state index contributed by atoms with van der Waals surface area (Å²) in [6.45, 7) is 2.11. The minimum Gasteiger partial charge on any atom is -0.339 e. The number of nitrogens with one attached hydrogen (secondary N) is 1. The summed E-state index contributed by atoms with van der Waals surface area (Å²) in [5.41, 5.74) is 0.780. The van der Waals surface area contributed by atoms with Crippen LogP contribution in [-0.4, -0.2) is 29.3 Å². The Hall–Kier alpha value is -1.36. The molecule has 0 heterocycles. The Bertz CT molecular complexity index is 522. The lowest BCUT2D eigenvalue weighted by Crippen LogP contribution is -2.40. The van der Waals surface area contributed by atoms with Gasteiger partial charge in [0, 0.05) is 36.1 Å². The van der Waals surface area contributed by atoms with Crippen LogP contribution in [0.2, 0.25) is 0 Å². The minimum absolute atomic E-state index is 0.0489. The van der Waals surface area contributed by atoms with Crippen molar-refractivity contribution < 1.29 is 9.59 Å². The summed E-state index contributed by atoms with van der Waals surface area (Å²) in [6.07, 6.45) is 7.34. The molecule has 1 aromatic carbocycles. The maximum atomic E-state index is 12.1. The zero-order chi connectivity index (χ0) is 16.7. The Labute approximate surface area is 146 Å². The molecule has 5 heteroatoms. The Balaban J connectivity index is 1.86. The van der Waals surface area contributed by atoms with Crippen LogP contribution in [0.15, 0.2) is 28.7 Å². The first-order valence-electron chi connectivity index (χ1n) is 8.39. The number of amides is 2. The van der Waals surface area contributed by atoms with Crippen LogP contribution in [0.1, 0.15) is 51.9 Å². The number of hydrogen-bond acceptors (Lipinski definition) is 2. The number of carbonyl (C=O) groups excluding carboxylic acids is 2. The highest BCUT2D eigenvalue weighted by Crippen LogP contribution is 2.22. The van der Waals surface area contributed by atoms with Gasteiger partial charge in [-0.3, -0.25) is 9.59 Å². The van der Waals surface area contributed by atoms with Crippen LogP contribution >= 0.6 is 15.9 Å². The molecule has 0 radical (unpaired) electrons. The summed E-state index contributed by atoms with van der Waals surface area (Å²) < 4.78 is 0.978. The molecular formula is C18H25BrN2O2. The van der Waals surface area contributed by atoms with Crippen molar-refractivity contribution in [3.8, 4) is 0 Å². The van der Waals surface area contributed by atoms with Crippen LogP contribution in [0.5, 0.6) is 0 Å². The van der Waals surface area contributed by atoms with Crippen LogP contribution in [0.3, 0.4) is 0 Å². The van der Waals surface area contributed by atoms with Crippen molar-refractivity contribution in [1.29, 1.82) is 0 Å². The number of halogens is 1. The van der Waals surface area contributed by atoms with E-state index in [0.717, 1.165) is 23.0 Å². The summed E-state index contributed by atoms with van der Waals surface area (Å²) in [5, 5.41) is 2.88. The van der Waals surface area contributed by atoms with Crippen LogP contribution in [0.4, 0.5) is 5.69 Å². The first-order valence-corrected chi connectivity index (χ1v) is 9.18. The lowest BCUT2D eigenvalue weighted by molar-refractivity contribution is -0.131. The van der Waals surface area contributed by atoms with Crippen molar-refractivity contribution in [2.24, 2.45) is 0 Å². The topological polar surface area (TPSA) is 49.4 Å². The largest absolute Gasteiger partial charge is 0.339 e. The summed E-state index contributed by atoms with van der Waals surface area (Å²) >= 11 is 3.37. The SMILES string of the molecule is CC(=O)N(CCC(=O)Nc1ccc(Br)cc1)C1CCCCCC1. The second-order valence-electron chi connectivity index (χ2n) is 6.16. The van der Waals surface area contributed by atoms with Crippen LogP contribution in [0.25, 0.3) is 0 Å². The molecule has 0 unspecified atom stereocenters. The van der Waals surface area contributed by atoms with E-state index in [2.05, 4.69) is 21.2 Å². The molecule has 1 aliphatic carbocycles. The quantitative estimate of drug-likeness (QED) is 0.771. The van der Waals surface area contributed by atoms with Gasteiger partial charge in [-0.2, -0.15) is 0 Å². The molecule has 1 saturated carbocycles. The predicted molar refractivity (Wildman–Crippen MR) is 96.3 cm³/mol. The molecule has 1 N–H and O–H groups in total. The molecule has 0 spiro atoms. The molecule has 2 amide bonds. The molecule has 1 fully saturated rings. The maximum Gasteiger partial charge on any atom is 0.226 e. The van der Waals surface area contributed by atoms with Crippen molar-refractivity contribution in [2.75, 3.05) is 11.9 Å². The van der Waals surface area contributed by atoms with E-state index in [4.69, 9.17) is 0 Å². The van der Waals surface area contributed by atoms with E-state index in [-0.39, 0.29) is 11.8 Å². The highest BCUT2D eigenvalue weighted by molar-refractivity contribution is 9.10. The van der Waals surface area contributed by atoms with Crippen molar-refractivity contribution in [2.45, 2.75) is 57.9 Å². The molecule has 0 saturated heterocycles. The van der Waals surface area contributed by atoms with E-state index in [1.54, 1.807) is 6.92 Å². The average molecular weight is 381 g/mol. The molecule has 0 atom stereocenters. The highest BCUT2D eigenvalue weighted by Gasteiger charge is 2.22. The smallest absolute Gasteiger partial charge is 0.226 e. The molecule has 0 bridgehead atoms. The fraction of sp³-hybridized carbons (Fsp3) is 0.556. The van der Waals surface area contributed by atoms with Crippen LogP contribution in [-0.2, 0) is 9.59 Å². The molecule has 126 valence electrons. The van der Waals surface area contributed by atoms with Crippen molar-refractivity contribution >= 4 is 33.4 Å². The van der Waals surface area contributed by atoms with Gasteiger partial charge in [0.2, 0.25) is 11.8 Å². The van der Waals surface area contributed by atoms with Gasteiger partial charge in [-0.1, -0.05) is 41.6 Å². The zero-order valence-corrected chi connectivity index (χ0v) is 15.3. The van der Waals surface area contributed by atoms with Crippen molar-refractivity contribution in [3.05, 3.63) is 28.7 Å². The monoisotopic (exact) mass is 380 g/mol. The third-order valence-corrected chi connectivity index (χ3v) is 4.91. The van der Waals surface area contributed by atoms with Gasteiger partial charge in [-0.15, -0.1) is 0 Å². The fourth-order valence-electron chi connectivity index (χ4n) is 3.15. The van der Waals surface area contributed by atoms with Crippen molar-refractivity contribution in [1.82, 2.24) is 4.90 Å². The summed E-state index contributed by atoms with van der Waals surface area (Å²) in [6, 6.07) is 7.80. The lowest BCUT2D eigenvalue weighted by atomic mass is 10.1. The summed E-state index contributed by atoms with van der Waals surface area (Å²) in [4.78, 5) is 26.0. The molecule has 23 heavy (non-hydrogen) atoms. The van der Waals surface area contributed by atoms with E-state index in [1.807, 2.05) is 29.2 Å². The summed E-state index contributed by atoms with van der Waals surface area (Å²) in [7, 11) is 0. The second kappa shape index (κ2) is 9.06. The Morgan fingerprint density at radius 2 is 1.74 bits per heavy atom. The molecule has 1 aromatic rings. The normalized spacial score (nSPS) is 15.7. The first kappa shape index (κ1) is 18.0. The molecule has 0 aliphatic heterocycles. The van der Waals surface area contributed by atoms with Gasteiger partial charge in [-0.25, -0.2) is 0 Å². The van der Waals surface area contributed by atoms with Gasteiger partial charge in [-0.05, 0) is 37.1 Å². The van der Waals surface area contributed by atoms with Gasteiger partial charge in [0.25, 0.3) is 0 Å². The van der Waals surface area contributed by atoms with E-state index < -0.39 is 0 Å². The number of nitrogens with zero attached hydrogens (tertiary/aromatic N) is 1. The predicted octanol–water partition coefficient (Wildman–Crippen LogP) is 4.35. The van der Waals surface area contributed by atoms with Gasteiger partial charge in [0.1, 0.15) is 0 Å². The molecule has 0 aromatic heterocycles. The molecular weight excluding hydrogens is 356 g/mol. The van der Waals surface area contributed by atoms with Gasteiger partial charge in [0.05, 0.1) is 0 Å². The van der Waals surface area contributed by atoms with Gasteiger partial charge in [0.15, 0.2) is 0 Å². The molecule has 1 aliphatic rings. The van der Waals surface area contributed by atoms with E-state index in [1.165, 1.54) is 25.7 Å². The molecule has 2 rings (SSSR count). The first-order chi connectivity index (χ1) is 11.1. The van der Waals surface area contributed by atoms with Gasteiger partial charge >= 0.3 is 0 Å². The minimum atomic E-state index is -0.0489. The standard InChI is InChI=1S/C18H25BrN2O2/c1-14(22)21(17-6-4-2-3-5-7-17)13-12-18(23)20-16-10-8-15(19)9-11-16/h8-11,17H,2-7,12-13H2,1H3,(H,20,23). The maximum absolute atomic E-state index is 12.1. The average Bonchev–Trinajstić information content (AvgIpc) is 2.79. The zero-order valence-electron chi connectivity index (χ0n) is 13.7. The second-order valence-corrected chi connectivity index (χ2v) is 7.08. The van der Waals surface area contributed by atoms with E-state index in [9.17, 15) is 9.59 Å². The summed E-state index contributed by atoms with van der Waals surface area (Å²) in [5.74, 6) is 0.0283. The van der Waals surface area contributed by atoms with E-state index >= 15 is 0 Å². The van der Waals surface area contributed by atoms with Crippen molar-refractivity contribution in [3.63, 3.8) is 0 Å². The number of hydrogen-bond donors (Lipinski definition) is 1. The van der Waals surface area contributed by atoms with E-state index in [0.29, 0.717) is 19.0 Å². The lowest BCUT2D eigenvalue weighted by Gasteiger charge is -2.30. The third kappa shape index (κ3) is 5.98. The Morgan fingerprint density at radius 3 is 2.30 bits per heavy atom. The Morgan fingerprint density at radius 1 is 1.13 bits per heavy atom. The Kier molecular flexibility index (Phi) is 7.09. The highest BCUT2D eigenvalue weighted by atomic mass is 79.9. The fourth-order valence-corrected chi connectivity index (χ4v) is 3.41. The van der Waals surface area contributed by atoms with Gasteiger partial charge < -0.3 is 10.2 Å². The number of rotatable bonds is 5. The number of carbonyl (C=O) groups is 2. The third-order valence-electron chi connectivity index (χ3n) is 4.38. The molecule has 4 nitrogen and oxygen atoms in total. The van der Waals surface area contributed by atoms with Crippen LogP contribution < -0.4 is 5.32 Å². The number of benzene rings is 1.